The Morgan fingerprint density at radius 2 is 1.05 bits per heavy atom. The molecule has 0 saturated heterocycles. The molecule has 13 rings (SSSR count). The summed E-state index contributed by atoms with van der Waals surface area (Å²) in [4.78, 5) is 15.1. The summed E-state index contributed by atoms with van der Waals surface area (Å²) in [6.45, 7) is 0. The van der Waals surface area contributed by atoms with Crippen LogP contribution >= 0.6 is 11.3 Å². The van der Waals surface area contributed by atoms with Crippen LogP contribution < -0.4 is 0 Å². The average molecular weight is 828 g/mol. The number of hydrogen-bond acceptors (Lipinski definition) is 5. The zero-order valence-electron chi connectivity index (χ0n) is 38.3. The molecule has 0 bridgehead atoms. The van der Waals surface area contributed by atoms with E-state index < -0.39 is 30.2 Å². The summed E-state index contributed by atoms with van der Waals surface area (Å²) in [7, 11) is 0. The fourth-order valence-electron chi connectivity index (χ4n) is 9.06. The predicted molar refractivity (Wildman–Crippen MR) is 262 cm³/mol. The summed E-state index contributed by atoms with van der Waals surface area (Å²) in [5, 5.41) is 6.30. The fourth-order valence-corrected chi connectivity index (χ4v) is 10.4. The van der Waals surface area contributed by atoms with Gasteiger partial charge in [0.1, 0.15) is 11.2 Å². The molecule has 0 aliphatic rings. The standard InChI is InChI=1S/C57H34N4OS/c1-4-16-35(17-5-1)38-22-14-23-39(30-38)41-26-15-27-44-47-31-40(61-49-28-12-10-24-42(49)45-33-46-43-25-11-13-29-51(43)62-52(46)34-50(45)61)32-48(54(47)63-53(41)44)57-59-55(36-18-6-2-7-19-36)58-56(60-57)37-20-8-3-9-21-37/h1-34H/i2D,6D,7D,18D,19D. The molecular weight excluding hydrogens is 789 g/mol. The van der Waals surface area contributed by atoms with E-state index in [9.17, 15) is 0 Å². The highest BCUT2D eigenvalue weighted by Crippen LogP contribution is 2.47. The van der Waals surface area contributed by atoms with Crippen LogP contribution in [0.3, 0.4) is 0 Å². The van der Waals surface area contributed by atoms with E-state index in [-0.39, 0.29) is 11.4 Å². The van der Waals surface area contributed by atoms with E-state index in [1.807, 2.05) is 54.6 Å². The molecule has 4 aromatic heterocycles. The van der Waals surface area contributed by atoms with E-state index in [0.29, 0.717) is 22.8 Å². The van der Waals surface area contributed by atoms with Gasteiger partial charge in [-0.2, -0.15) is 0 Å². The number of thiophene rings is 1. The molecule has 13 aromatic rings. The first-order valence-corrected chi connectivity index (χ1v) is 21.5. The summed E-state index contributed by atoms with van der Waals surface area (Å²) in [6.07, 6.45) is 0. The molecule has 0 saturated carbocycles. The van der Waals surface area contributed by atoms with Crippen molar-refractivity contribution < 1.29 is 11.3 Å². The molecule has 9 aromatic carbocycles. The highest BCUT2D eigenvalue weighted by molar-refractivity contribution is 7.26. The highest BCUT2D eigenvalue weighted by atomic mass is 32.1. The van der Waals surface area contributed by atoms with Gasteiger partial charge in [-0.1, -0.05) is 164 Å². The second-order valence-electron chi connectivity index (χ2n) is 15.6. The number of benzene rings is 9. The number of aromatic nitrogens is 4. The summed E-state index contributed by atoms with van der Waals surface area (Å²) in [5.74, 6) is 0.583. The molecule has 0 spiro atoms. The van der Waals surface area contributed by atoms with Gasteiger partial charge in [0, 0.05) is 70.2 Å². The van der Waals surface area contributed by atoms with Gasteiger partial charge in [0.05, 0.1) is 17.9 Å². The fraction of sp³-hybridized carbons (Fsp3) is 0. The van der Waals surface area contributed by atoms with Crippen LogP contribution in [0.25, 0.3) is 126 Å². The van der Waals surface area contributed by atoms with Gasteiger partial charge in [-0.15, -0.1) is 11.3 Å². The molecule has 63 heavy (non-hydrogen) atoms. The second-order valence-corrected chi connectivity index (χ2v) is 16.6. The minimum atomic E-state index is -0.489. The third-order valence-corrected chi connectivity index (χ3v) is 13.2. The molecule has 0 atom stereocenters. The lowest BCUT2D eigenvalue weighted by molar-refractivity contribution is 0.669. The molecule has 0 amide bonds. The van der Waals surface area contributed by atoms with Gasteiger partial charge in [-0.05, 0) is 58.7 Å². The average Bonchev–Trinajstić information content (AvgIpc) is 4.06. The summed E-state index contributed by atoms with van der Waals surface area (Å²) < 4.78 is 54.3. The van der Waals surface area contributed by atoms with Crippen molar-refractivity contribution in [1.82, 2.24) is 19.5 Å². The zero-order valence-corrected chi connectivity index (χ0v) is 34.2. The van der Waals surface area contributed by atoms with Crippen molar-refractivity contribution in [3.05, 3.63) is 206 Å². The lowest BCUT2D eigenvalue weighted by atomic mass is 9.97. The quantitative estimate of drug-likeness (QED) is 0.168. The molecule has 0 aliphatic heterocycles. The van der Waals surface area contributed by atoms with Crippen molar-refractivity contribution in [2.75, 3.05) is 0 Å². The first-order valence-electron chi connectivity index (χ1n) is 23.2. The smallest absolute Gasteiger partial charge is 0.165 e. The Kier molecular flexibility index (Phi) is 6.94. The largest absolute Gasteiger partial charge is 0.456 e. The topological polar surface area (TPSA) is 56.7 Å². The van der Waals surface area contributed by atoms with E-state index in [4.69, 9.17) is 26.2 Å². The summed E-state index contributed by atoms with van der Waals surface area (Å²) in [5.41, 5.74) is 10.1. The molecule has 0 aliphatic carbocycles. The number of para-hydroxylation sites is 2. The number of nitrogens with zero attached hydrogens (tertiary/aromatic N) is 4. The van der Waals surface area contributed by atoms with E-state index in [2.05, 4.69) is 126 Å². The van der Waals surface area contributed by atoms with Crippen LogP contribution in [0.2, 0.25) is 0 Å². The first kappa shape index (κ1) is 30.8. The molecular formula is C57H34N4OS. The number of fused-ring (bicyclic) bond motifs is 9. The van der Waals surface area contributed by atoms with E-state index in [1.165, 1.54) is 0 Å². The second kappa shape index (κ2) is 14.2. The van der Waals surface area contributed by atoms with Crippen molar-refractivity contribution in [3.63, 3.8) is 0 Å². The van der Waals surface area contributed by atoms with Gasteiger partial charge >= 0.3 is 0 Å². The molecule has 0 unspecified atom stereocenters. The van der Waals surface area contributed by atoms with Crippen molar-refractivity contribution in [2.24, 2.45) is 0 Å². The summed E-state index contributed by atoms with van der Waals surface area (Å²) in [6, 6.07) is 58.0. The van der Waals surface area contributed by atoms with Crippen LogP contribution in [0.5, 0.6) is 0 Å². The van der Waals surface area contributed by atoms with Crippen molar-refractivity contribution in [3.8, 4) is 62.1 Å². The molecule has 0 N–H and O–H groups in total. The minimum absolute atomic E-state index is 0.0203. The van der Waals surface area contributed by atoms with Gasteiger partial charge in [0.15, 0.2) is 17.5 Å². The number of hydrogen-bond donors (Lipinski definition) is 0. The normalized spacial score (nSPS) is 12.9. The molecule has 294 valence electrons. The Morgan fingerprint density at radius 1 is 0.397 bits per heavy atom. The van der Waals surface area contributed by atoms with Crippen LogP contribution in [-0.2, 0) is 0 Å². The SMILES string of the molecule is [2H]c1c([2H])c([2H])c(-c2nc(-c3ccccc3)nc(-c3cc(-n4c5ccccc5c5cc6c(cc54)oc4ccccc46)cc4c3sc3c(-c5cccc(-c6ccccc6)c5)cccc34)n2)c([2H])c1[2H]. The molecule has 0 radical (unpaired) electrons. The third kappa shape index (κ3) is 5.80. The van der Waals surface area contributed by atoms with Gasteiger partial charge in [-0.3, -0.25) is 0 Å². The Balaban J connectivity index is 1.14. The van der Waals surface area contributed by atoms with Gasteiger partial charge < -0.3 is 8.98 Å². The minimum Gasteiger partial charge on any atom is -0.456 e. The first-order chi connectivity index (χ1) is 33.3. The maximum Gasteiger partial charge on any atom is 0.165 e. The lowest BCUT2D eigenvalue weighted by Crippen LogP contribution is -2.01. The van der Waals surface area contributed by atoms with E-state index >= 15 is 0 Å². The van der Waals surface area contributed by atoms with Crippen molar-refractivity contribution in [1.29, 1.82) is 0 Å². The Hall–Kier alpha value is -8.19. The van der Waals surface area contributed by atoms with Crippen LogP contribution in [0.15, 0.2) is 211 Å². The van der Waals surface area contributed by atoms with Crippen molar-refractivity contribution in [2.45, 2.75) is 0 Å². The zero-order chi connectivity index (χ0) is 45.8. The monoisotopic (exact) mass is 827 g/mol. The predicted octanol–water partition coefficient (Wildman–Crippen LogP) is 15.6. The van der Waals surface area contributed by atoms with E-state index in [0.717, 1.165) is 91.9 Å². The van der Waals surface area contributed by atoms with Crippen LogP contribution in [0, 0.1) is 0 Å². The maximum absolute atomic E-state index is 9.00. The van der Waals surface area contributed by atoms with Crippen LogP contribution in [-0.4, -0.2) is 19.5 Å². The molecule has 6 heteroatoms. The lowest BCUT2D eigenvalue weighted by Gasteiger charge is -2.13. The van der Waals surface area contributed by atoms with Gasteiger partial charge in [0.25, 0.3) is 0 Å². The molecule has 4 heterocycles. The highest BCUT2D eigenvalue weighted by Gasteiger charge is 2.23. The van der Waals surface area contributed by atoms with Gasteiger partial charge in [-0.25, -0.2) is 15.0 Å². The third-order valence-electron chi connectivity index (χ3n) is 11.9. The summed E-state index contributed by atoms with van der Waals surface area (Å²) >= 11 is 1.66. The molecule has 5 nitrogen and oxygen atoms in total. The Morgan fingerprint density at radius 3 is 1.89 bits per heavy atom. The van der Waals surface area contributed by atoms with Crippen LogP contribution in [0.1, 0.15) is 6.85 Å². The molecule has 0 fully saturated rings. The number of furan rings is 1. The maximum atomic E-state index is 9.00. The van der Waals surface area contributed by atoms with Gasteiger partial charge in [0.2, 0.25) is 0 Å². The van der Waals surface area contributed by atoms with Crippen LogP contribution in [0.4, 0.5) is 0 Å². The van der Waals surface area contributed by atoms with E-state index in [1.54, 1.807) is 11.3 Å². The van der Waals surface area contributed by atoms with Crippen molar-refractivity contribution >= 4 is 75.3 Å². The Bertz CT molecular complexity index is 4190. The number of rotatable bonds is 6. The Labute approximate surface area is 372 Å².